The second-order valence-corrected chi connectivity index (χ2v) is 7.86. The van der Waals surface area contributed by atoms with E-state index in [1.54, 1.807) is 0 Å². The normalized spacial score (nSPS) is 11.4. The van der Waals surface area contributed by atoms with Crippen LogP contribution in [-0.4, -0.2) is 41.7 Å². The number of amides is 1. The molecule has 0 unspecified atom stereocenters. The highest BCUT2D eigenvalue weighted by molar-refractivity contribution is 7.92. The molecule has 0 atom stereocenters. The molecule has 158 valence electrons. The zero-order valence-corrected chi connectivity index (χ0v) is 16.0. The summed E-state index contributed by atoms with van der Waals surface area (Å²) in [6.07, 6.45) is 2.06. The van der Waals surface area contributed by atoms with Crippen molar-refractivity contribution in [3.8, 4) is 0 Å². The van der Waals surface area contributed by atoms with E-state index in [9.17, 15) is 26.4 Å². The van der Waals surface area contributed by atoms with Gasteiger partial charge in [-0.05, 0) is 24.6 Å². The van der Waals surface area contributed by atoms with Crippen LogP contribution in [0.1, 0.15) is 16.8 Å². The number of sulfonamides is 1. The second kappa shape index (κ2) is 8.49. The molecular formula is C17H15F3N6O3S. The minimum Gasteiger partial charge on any atom is -0.382 e. The molecule has 9 nitrogen and oxygen atoms in total. The lowest BCUT2D eigenvalue weighted by Crippen LogP contribution is -2.20. The number of hydrogen-bond donors (Lipinski definition) is 3. The third-order valence-corrected chi connectivity index (χ3v) is 5.29. The first-order valence-electron chi connectivity index (χ1n) is 8.44. The number of carbonyl (C=O) groups excluding carboxylic acids is 1. The summed E-state index contributed by atoms with van der Waals surface area (Å²) in [6.45, 7) is -0.873. The Hall–Kier alpha value is -3.48. The first-order valence-corrected chi connectivity index (χ1v) is 10.1. The lowest BCUT2D eigenvalue weighted by molar-refractivity contribution is 0.102. The lowest BCUT2D eigenvalue weighted by atomic mass is 10.2. The van der Waals surface area contributed by atoms with Crippen LogP contribution in [-0.2, 0) is 10.0 Å². The van der Waals surface area contributed by atoms with E-state index >= 15 is 0 Å². The molecule has 0 saturated carbocycles. The molecule has 0 aliphatic carbocycles. The van der Waals surface area contributed by atoms with E-state index in [0.29, 0.717) is 0 Å². The fourth-order valence-corrected chi connectivity index (χ4v) is 3.64. The van der Waals surface area contributed by atoms with Crippen molar-refractivity contribution in [1.29, 1.82) is 0 Å². The molecule has 2 aromatic heterocycles. The maximum atomic E-state index is 14.7. The second-order valence-electron chi connectivity index (χ2n) is 6.02. The first kappa shape index (κ1) is 21.2. The molecule has 0 saturated heterocycles. The smallest absolute Gasteiger partial charge is 0.258 e. The highest BCUT2D eigenvalue weighted by Crippen LogP contribution is 2.28. The van der Waals surface area contributed by atoms with Crippen molar-refractivity contribution >= 4 is 44.2 Å². The zero-order valence-electron chi connectivity index (χ0n) is 15.2. The van der Waals surface area contributed by atoms with Crippen LogP contribution >= 0.6 is 0 Å². The zero-order chi connectivity index (χ0) is 21.9. The molecule has 0 spiro atoms. The van der Waals surface area contributed by atoms with Crippen molar-refractivity contribution in [3.63, 3.8) is 0 Å². The van der Waals surface area contributed by atoms with Gasteiger partial charge in [-0.2, -0.15) is 0 Å². The van der Waals surface area contributed by atoms with E-state index in [1.807, 2.05) is 4.72 Å². The summed E-state index contributed by atoms with van der Waals surface area (Å²) in [5.41, 5.74) is 4.31. The summed E-state index contributed by atoms with van der Waals surface area (Å²) in [7, 11) is -4.07. The van der Waals surface area contributed by atoms with Crippen LogP contribution in [0.3, 0.4) is 0 Å². The Balaban J connectivity index is 1.94. The Labute approximate surface area is 168 Å². The van der Waals surface area contributed by atoms with Crippen LogP contribution in [0, 0.1) is 11.6 Å². The fourth-order valence-electron chi connectivity index (χ4n) is 2.56. The molecule has 3 rings (SSSR count). The van der Waals surface area contributed by atoms with Gasteiger partial charge in [-0.3, -0.25) is 18.9 Å². The van der Waals surface area contributed by atoms with E-state index in [-0.39, 0.29) is 28.8 Å². The van der Waals surface area contributed by atoms with Gasteiger partial charge in [0.05, 0.1) is 23.7 Å². The molecule has 0 radical (unpaired) electrons. The molecule has 4 N–H and O–H groups in total. The van der Waals surface area contributed by atoms with Crippen LogP contribution in [0.5, 0.6) is 0 Å². The first-order chi connectivity index (χ1) is 14.2. The number of nitrogens with two attached hydrogens (primary N) is 1. The predicted octanol–water partition coefficient (Wildman–Crippen LogP) is 2.24. The van der Waals surface area contributed by atoms with E-state index < -0.39 is 51.4 Å². The monoisotopic (exact) mass is 440 g/mol. The number of halogens is 3. The Morgan fingerprint density at radius 2 is 1.87 bits per heavy atom. The number of anilines is 3. The third kappa shape index (κ3) is 4.40. The number of nitrogens with zero attached hydrogens (tertiary/aromatic N) is 3. The topological polar surface area (TPSA) is 140 Å². The van der Waals surface area contributed by atoms with Crippen molar-refractivity contribution in [2.24, 2.45) is 0 Å². The lowest BCUT2D eigenvalue weighted by Gasteiger charge is -2.13. The highest BCUT2D eigenvalue weighted by atomic mass is 32.2. The summed E-state index contributed by atoms with van der Waals surface area (Å²) in [6, 6.07) is 2.89. The molecule has 0 aliphatic rings. The van der Waals surface area contributed by atoms with Gasteiger partial charge in [0.15, 0.2) is 11.6 Å². The van der Waals surface area contributed by atoms with Gasteiger partial charge in [0.25, 0.3) is 5.91 Å². The van der Waals surface area contributed by atoms with E-state index in [1.165, 1.54) is 12.3 Å². The molecule has 30 heavy (non-hydrogen) atoms. The maximum absolute atomic E-state index is 14.7. The Morgan fingerprint density at radius 3 is 2.60 bits per heavy atom. The number of hydrogen-bond acceptors (Lipinski definition) is 7. The molecule has 0 fully saturated rings. The van der Waals surface area contributed by atoms with Gasteiger partial charge in [0.1, 0.15) is 28.9 Å². The van der Waals surface area contributed by atoms with Gasteiger partial charge in [-0.1, -0.05) is 0 Å². The Kier molecular flexibility index (Phi) is 6.01. The molecular weight excluding hydrogens is 425 g/mol. The molecule has 3 aromatic rings. The van der Waals surface area contributed by atoms with Gasteiger partial charge >= 0.3 is 0 Å². The number of alkyl halides is 1. The minimum atomic E-state index is -4.07. The van der Waals surface area contributed by atoms with Crippen LogP contribution in [0.2, 0.25) is 0 Å². The number of rotatable bonds is 7. The number of nitrogens with one attached hydrogen (secondary N) is 2. The standard InChI is InChI=1S/C17H15F3N6O3S/c18-5-1-7-30(28,29)26-11-3-2-10(19)14(12(11)20)25-17(27)9-4-6-22-15-13(9)23-8-24-16(15)21/h2-4,6,8,26H,1,5,7H2,(H,25,27)(H2,21,23,24). The van der Waals surface area contributed by atoms with Crippen molar-refractivity contribution in [2.75, 3.05) is 28.2 Å². The number of aromatic nitrogens is 3. The van der Waals surface area contributed by atoms with Gasteiger partial charge in [0.2, 0.25) is 10.0 Å². The van der Waals surface area contributed by atoms with Crippen LogP contribution in [0.25, 0.3) is 11.0 Å². The van der Waals surface area contributed by atoms with Crippen LogP contribution in [0.4, 0.5) is 30.4 Å². The average Bonchev–Trinajstić information content (AvgIpc) is 2.71. The Bertz CT molecular complexity index is 1220. The quantitative estimate of drug-likeness (QED) is 0.512. The summed E-state index contributed by atoms with van der Waals surface area (Å²) >= 11 is 0. The molecule has 1 aromatic carbocycles. The third-order valence-electron chi connectivity index (χ3n) is 3.94. The highest BCUT2D eigenvalue weighted by Gasteiger charge is 2.21. The summed E-state index contributed by atoms with van der Waals surface area (Å²) < 4.78 is 66.8. The van der Waals surface area contributed by atoms with E-state index in [2.05, 4.69) is 20.3 Å². The maximum Gasteiger partial charge on any atom is 0.258 e. The van der Waals surface area contributed by atoms with E-state index in [4.69, 9.17) is 5.73 Å². The molecule has 0 bridgehead atoms. The van der Waals surface area contributed by atoms with Crippen molar-refractivity contribution in [3.05, 3.63) is 47.9 Å². The van der Waals surface area contributed by atoms with Crippen molar-refractivity contribution < 1.29 is 26.4 Å². The number of pyridine rings is 1. The van der Waals surface area contributed by atoms with Gasteiger partial charge < -0.3 is 11.1 Å². The van der Waals surface area contributed by atoms with Gasteiger partial charge in [-0.15, -0.1) is 0 Å². The Morgan fingerprint density at radius 1 is 1.10 bits per heavy atom. The molecule has 1 amide bonds. The van der Waals surface area contributed by atoms with E-state index in [0.717, 1.165) is 18.5 Å². The largest absolute Gasteiger partial charge is 0.382 e. The van der Waals surface area contributed by atoms with Crippen LogP contribution < -0.4 is 15.8 Å². The fraction of sp³-hybridized carbons (Fsp3) is 0.176. The molecule has 13 heteroatoms. The minimum absolute atomic E-state index is 0.0108. The van der Waals surface area contributed by atoms with Crippen LogP contribution in [0.15, 0.2) is 30.7 Å². The number of fused-ring (bicyclic) bond motifs is 1. The summed E-state index contributed by atoms with van der Waals surface area (Å²) in [4.78, 5) is 24.3. The molecule has 2 heterocycles. The number of benzene rings is 1. The van der Waals surface area contributed by atoms with Crippen molar-refractivity contribution in [2.45, 2.75) is 6.42 Å². The summed E-state index contributed by atoms with van der Waals surface area (Å²) in [5.74, 6) is -4.00. The van der Waals surface area contributed by atoms with Crippen molar-refractivity contribution in [1.82, 2.24) is 15.0 Å². The number of nitrogen functional groups attached to an aromatic ring is 1. The molecule has 0 aliphatic heterocycles. The SMILES string of the molecule is Nc1ncnc2c(C(=O)Nc3c(F)ccc(NS(=O)(=O)CCCF)c3F)ccnc12. The summed E-state index contributed by atoms with van der Waals surface area (Å²) in [5, 5.41) is 2.06. The van der Waals surface area contributed by atoms with Gasteiger partial charge in [0, 0.05) is 6.20 Å². The van der Waals surface area contributed by atoms with Gasteiger partial charge in [-0.25, -0.2) is 27.2 Å². The predicted molar refractivity (Wildman–Crippen MR) is 104 cm³/mol. The number of carbonyl (C=O) groups is 1. The average molecular weight is 440 g/mol.